The summed E-state index contributed by atoms with van der Waals surface area (Å²) in [6.45, 7) is 4.05. The molecule has 2 atom stereocenters. The average Bonchev–Trinajstić information content (AvgIpc) is 3.31. The first-order chi connectivity index (χ1) is 16.0. The van der Waals surface area contributed by atoms with E-state index in [1.807, 2.05) is 53.6 Å². The second-order valence-electron chi connectivity index (χ2n) is 8.12. The molecular formula is C26H23FN4OS. The van der Waals surface area contributed by atoms with Crippen molar-refractivity contribution in [3.63, 3.8) is 0 Å². The fourth-order valence-corrected chi connectivity index (χ4v) is 5.01. The number of aryl methyl sites for hydroxylation is 1. The summed E-state index contributed by atoms with van der Waals surface area (Å²) in [6, 6.07) is 21.1. The molecule has 1 aliphatic rings. The van der Waals surface area contributed by atoms with Gasteiger partial charge in [-0.2, -0.15) is 0 Å². The van der Waals surface area contributed by atoms with Crippen LogP contribution in [-0.4, -0.2) is 19.8 Å². The molecule has 0 radical (unpaired) electrons. The minimum Gasteiger partial charge on any atom is -0.506 e. The molecule has 5 rings (SSSR count). The van der Waals surface area contributed by atoms with Crippen molar-refractivity contribution in [1.82, 2.24) is 14.9 Å². The molecule has 0 bridgehead atoms. The number of pyridine rings is 1. The van der Waals surface area contributed by atoms with Crippen LogP contribution in [0.5, 0.6) is 5.75 Å². The lowest BCUT2D eigenvalue weighted by molar-refractivity contribution is 0.471. The van der Waals surface area contributed by atoms with Gasteiger partial charge in [0, 0.05) is 23.3 Å². The highest BCUT2D eigenvalue weighted by atomic mass is 32.1. The monoisotopic (exact) mass is 458 g/mol. The standard InChI is InChI=1S/C26H23FN4OS/c1-16-15-20(17(2)30(16)22-8-3-4-9-23(22)32)25-24(21-7-5-6-14-28-21)29-26(33)31(25)19-12-10-18(27)11-13-19/h3-15,24-25,32H,1-2H3,(H,29,33)/t24-,25+/m1/s1. The van der Waals surface area contributed by atoms with Crippen LogP contribution in [0.2, 0.25) is 0 Å². The third-order valence-corrected chi connectivity index (χ3v) is 6.43. The maximum absolute atomic E-state index is 13.7. The van der Waals surface area contributed by atoms with E-state index in [1.54, 1.807) is 30.5 Å². The number of hydrogen-bond donors (Lipinski definition) is 2. The van der Waals surface area contributed by atoms with Gasteiger partial charge in [-0.05, 0) is 86.2 Å². The molecule has 3 heterocycles. The summed E-state index contributed by atoms with van der Waals surface area (Å²) >= 11 is 5.75. The minimum atomic E-state index is -0.299. The average molecular weight is 459 g/mol. The lowest BCUT2D eigenvalue weighted by Crippen LogP contribution is -2.29. The van der Waals surface area contributed by atoms with E-state index >= 15 is 0 Å². The summed E-state index contributed by atoms with van der Waals surface area (Å²) in [5.74, 6) is -0.0880. The number of nitrogens with zero attached hydrogens (tertiary/aromatic N) is 3. The Morgan fingerprint density at radius 1 is 1.00 bits per heavy atom. The van der Waals surface area contributed by atoms with E-state index in [0.717, 1.165) is 34.0 Å². The van der Waals surface area contributed by atoms with E-state index < -0.39 is 0 Å². The molecule has 5 nitrogen and oxygen atoms in total. The van der Waals surface area contributed by atoms with Crippen LogP contribution >= 0.6 is 12.2 Å². The first-order valence-electron chi connectivity index (χ1n) is 10.7. The van der Waals surface area contributed by atoms with Crippen LogP contribution in [0, 0.1) is 19.7 Å². The van der Waals surface area contributed by atoms with E-state index in [1.165, 1.54) is 12.1 Å². The second-order valence-corrected chi connectivity index (χ2v) is 8.51. The van der Waals surface area contributed by atoms with Crippen molar-refractivity contribution in [1.29, 1.82) is 0 Å². The van der Waals surface area contributed by atoms with Crippen LogP contribution in [0.3, 0.4) is 0 Å². The summed E-state index contributed by atoms with van der Waals surface area (Å²) in [7, 11) is 0. The Bertz CT molecular complexity index is 1320. The van der Waals surface area contributed by atoms with Crippen molar-refractivity contribution in [2.75, 3.05) is 4.90 Å². The molecule has 1 fully saturated rings. The lowest BCUT2D eigenvalue weighted by Gasteiger charge is -2.28. The number of nitrogens with one attached hydrogen (secondary N) is 1. The maximum Gasteiger partial charge on any atom is 0.174 e. The van der Waals surface area contributed by atoms with Crippen molar-refractivity contribution in [2.45, 2.75) is 25.9 Å². The zero-order valence-electron chi connectivity index (χ0n) is 18.2. The Morgan fingerprint density at radius 3 is 2.42 bits per heavy atom. The SMILES string of the molecule is Cc1cc([C@H]2[C@@H](c3ccccn3)NC(=S)N2c2ccc(F)cc2)c(C)n1-c1ccccc1O. The molecule has 2 N–H and O–H groups in total. The highest BCUT2D eigenvalue weighted by Gasteiger charge is 2.42. The summed E-state index contributed by atoms with van der Waals surface area (Å²) < 4.78 is 15.7. The van der Waals surface area contributed by atoms with Gasteiger partial charge in [-0.25, -0.2) is 4.39 Å². The number of aromatic nitrogens is 2. The van der Waals surface area contributed by atoms with Crippen LogP contribution in [0.4, 0.5) is 10.1 Å². The smallest absolute Gasteiger partial charge is 0.174 e. The molecule has 0 saturated carbocycles. The molecular weight excluding hydrogens is 435 g/mol. The molecule has 0 aliphatic carbocycles. The number of anilines is 1. The molecule has 0 spiro atoms. The Hall–Kier alpha value is -3.71. The highest BCUT2D eigenvalue weighted by molar-refractivity contribution is 7.80. The largest absolute Gasteiger partial charge is 0.506 e. The van der Waals surface area contributed by atoms with Crippen molar-refractivity contribution < 1.29 is 9.50 Å². The van der Waals surface area contributed by atoms with Crippen molar-refractivity contribution in [3.8, 4) is 11.4 Å². The molecule has 7 heteroatoms. The van der Waals surface area contributed by atoms with Gasteiger partial charge in [-0.1, -0.05) is 18.2 Å². The zero-order chi connectivity index (χ0) is 23.1. The first kappa shape index (κ1) is 21.2. The van der Waals surface area contributed by atoms with Crippen LogP contribution in [0.1, 0.15) is 34.7 Å². The molecule has 166 valence electrons. The van der Waals surface area contributed by atoms with Gasteiger partial charge >= 0.3 is 0 Å². The van der Waals surface area contributed by atoms with Crippen molar-refractivity contribution >= 4 is 23.0 Å². The summed E-state index contributed by atoms with van der Waals surface area (Å²) in [5, 5.41) is 14.5. The fourth-order valence-electron chi connectivity index (χ4n) is 4.66. The third-order valence-electron chi connectivity index (χ3n) is 6.11. The molecule has 1 aliphatic heterocycles. The van der Waals surface area contributed by atoms with E-state index in [0.29, 0.717) is 5.11 Å². The molecule has 1 saturated heterocycles. The number of phenols is 1. The predicted octanol–water partition coefficient (Wildman–Crippen LogP) is 5.51. The number of para-hydroxylation sites is 2. The van der Waals surface area contributed by atoms with Crippen LogP contribution in [0.15, 0.2) is 79.0 Å². The second kappa shape index (κ2) is 8.33. The number of aromatic hydroxyl groups is 1. The Balaban J connectivity index is 1.69. The number of benzene rings is 2. The number of phenolic OH excluding ortho intramolecular Hbond substituents is 1. The van der Waals surface area contributed by atoms with Crippen molar-refractivity contribution in [3.05, 3.63) is 107 Å². The van der Waals surface area contributed by atoms with Gasteiger partial charge in [0.25, 0.3) is 0 Å². The normalized spacial score (nSPS) is 17.9. The number of hydrogen-bond acceptors (Lipinski definition) is 3. The summed E-state index contributed by atoms with van der Waals surface area (Å²) in [6.07, 6.45) is 1.77. The van der Waals surface area contributed by atoms with Gasteiger partial charge in [0.15, 0.2) is 5.11 Å². The van der Waals surface area contributed by atoms with Crippen LogP contribution in [-0.2, 0) is 0 Å². The van der Waals surface area contributed by atoms with Crippen LogP contribution < -0.4 is 10.2 Å². The highest BCUT2D eigenvalue weighted by Crippen LogP contribution is 2.44. The molecule has 2 aromatic carbocycles. The van der Waals surface area contributed by atoms with Crippen LogP contribution in [0.25, 0.3) is 5.69 Å². The number of halogens is 1. The van der Waals surface area contributed by atoms with E-state index in [-0.39, 0.29) is 23.7 Å². The molecule has 0 unspecified atom stereocenters. The first-order valence-corrected chi connectivity index (χ1v) is 11.1. The number of thiocarbonyl (C=S) groups is 1. The van der Waals surface area contributed by atoms with Gasteiger partial charge in [0.05, 0.1) is 23.5 Å². The van der Waals surface area contributed by atoms with Gasteiger partial charge < -0.3 is 19.9 Å². The Morgan fingerprint density at radius 2 is 1.73 bits per heavy atom. The third kappa shape index (κ3) is 3.64. The quantitative estimate of drug-likeness (QED) is 0.395. The Labute approximate surface area is 197 Å². The fraction of sp³-hybridized carbons (Fsp3) is 0.154. The van der Waals surface area contributed by atoms with Gasteiger partial charge in [-0.3, -0.25) is 4.98 Å². The minimum absolute atomic E-state index is 0.206. The van der Waals surface area contributed by atoms with Gasteiger partial charge in [0.2, 0.25) is 0 Å². The summed E-state index contributed by atoms with van der Waals surface area (Å²) in [5.41, 5.74) is 5.39. The summed E-state index contributed by atoms with van der Waals surface area (Å²) in [4.78, 5) is 6.61. The molecule has 2 aromatic heterocycles. The van der Waals surface area contributed by atoms with Crippen molar-refractivity contribution in [2.24, 2.45) is 0 Å². The molecule has 4 aromatic rings. The maximum atomic E-state index is 13.7. The Kier molecular flexibility index (Phi) is 5.34. The van der Waals surface area contributed by atoms with E-state index in [4.69, 9.17) is 12.2 Å². The topological polar surface area (TPSA) is 53.3 Å². The zero-order valence-corrected chi connectivity index (χ0v) is 19.1. The predicted molar refractivity (Wildman–Crippen MR) is 131 cm³/mol. The van der Waals surface area contributed by atoms with E-state index in [2.05, 4.69) is 16.4 Å². The van der Waals surface area contributed by atoms with E-state index in [9.17, 15) is 9.50 Å². The van der Waals surface area contributed by atoms with Gasteiger partial charge in [0.1, 0.15) is 11.6 Å². The molecule has 33 heavy (non-hydrogen) atoms. The number of rotatable bonds is 4. The molecule has 0 amide bonds. The van der Waals surface area contributed by atoms with Gasteiger partial charge in [-0.15, -0.1) is 0 Å². The lowest BCUT2D eigenvalue weighted by atomic mass is 9.96.